The zero-order chi connectivity index (χ0) is 17.5. The summed E-state index contributed by atoms with van der Waals surface area (Å²) < 4.78 is 11.1. The number of piperidine rings is 1. The van der Waals surface area contributed by atoms with Crippen LogP contribution < -0.4 is 0 Å². The van der Waals surface area contributed by atoms with Crippen molar-refractivity contribution >= 4 is 5.97 Å². The van der Waals surface area contributed by atoms with Crippen LogP contribution in [0, 0.1) is 5.92 Å². The van der Waals surface area contributed by atoms with E-state index in [1.54, 1.807) is 6.26 Å². The third-order valence-electron chi connectivity index (χ3n) is 5.02. The summed E-state index contributed by atoms with van der Waals surface area (Å²) in [6.45, 7) is 5.49. The van der Waals surface area contributed by atoms with Crippen LogP contribution in [0.3, 0.4) is 0 Å². The Balaban J connectivity index is 1.42. The first-order chi connectivity index (χ1) is 12.3. The number of hydrogen-bond acceptors (Lipinski definition) is 4. The van der Waals surface area contributed by atoms with Crippen molar-refractivity contribution in [1.29, 1.82) is 0 Å². The number of carbonyl (C=O) groups excluding carboxylic acids is 1. The number of esters is 1. The summed E-state index contributed by atoms with van der Waals surface area (Å²) in [5.74, 6) is 1.23. The van der Waals surface area contributed by atoms with Crippen molar-refractivity contribution in [3.05, 3.63) is 60.1 Å². The molecule has 4 nitrogen and oxygen atoms in total. The molecule has 0 N–H and O–H groups in total. The second-order valence-electron chi connectivity index (χ2n) is 6.80. The topological polar surface area (TPSA) is 42.7 Å². The Bertz CT molecular complexity index is 630. The van der Waals surface area contributed by atoms with Crippen molar-refractivity contribution in [3.8, 4) is 0 Å². The molecule has 4 heteroatoms. The van der Waals surface area contributed by atoms with E-state index in [4.69, 9.17) is 9.15 Å². The molecular weight excluding hydrogens is 314 g/mol. The van der Waals surface area contributed by atoms with Gasteiger partial charge >= 0.3 is 5.97 Å². The van der Waals surface area contributed by atoms with Gasteiger partial charge in [-0.2, -0.15) is 0 Å². The minimum atomic E-state index is -0.153. The number of ether oxygens (including phenoxy) is 1. The number of rotatable bonds is 7. The van der Waals surface area contributed by atoms with E-state index in [9.17, 15) is 4.79 Å². The summed E-state index contributed by atoms with van der Waals surface area (Å²) in [7, 11) is 0. The van der Waals surface area contributed by atoms with Gasteiger partial charge in [0.25, 0.3) is 0 Å². The van der Waals surface area contributed by atoms with Crippen LogP contribution in [0.25, 0.3) is 0 Å². The number of benzene rings is 1. The number of hydrogen-bond donors (Lipinski definition) is 0. The molecule has 2 heterocycles. The van der Waals surface area contributed by atoms with Crippen molar-refractivity contribution in [1.82, 2.24) is 4.90 Å². The van der Waals surface area contributed by atoms with Crippen LogP contribution >= 0.6 is 0 Å². The highest BCUT2D eigenvalue weighted by atomic mass is 16.5. The molecule has 0 amide bonds. The standard InChI is InChI=1S/C21H27NO3/c1-2-20(18-7-4-3-5-8-18)21(23)25-16-17-10-12-22(13-11-17)15-19-9-6-14-24-19/h3-9,14,17,20H,2,10-13,15-16H2,1H3. The maximum atomic E-state index is 12.4. The second-order valence-corrected chi connectivity index (χ2v) is 6.80. The van der Waals surface area contributed by atoms with Crippen molar-refractivity contribution in [3.63, 3.8) is 0 Å². The molecule has 1 aromatic heterocycles. The number of carbonyl (C=O) groups is 1. The Hall–Kier alpha value is -2.07. The summed E-state index contributed by atoms with van der Waals surface area (Å²) in [6.07, 6.45) is 4.62. The Morgan fingerprint density at radius 3 is 2.60 bits per heavy atom. The smallest absolute Gasteiger partial charge is 0.313 e. The molecule has 1 aromatic carbocycles. The Morgan fingerprint density at radius 2 is 1.96 bits per heavy atom. The fourth-order valence-corrected chi connectivity index (χ4v) is 3.46. The van der Waals surface area contributed by atoms with Gasteiger partial charge in [-0.25, -0.2) is 0 Å². The molecule has 0 radical (unpaired) electrons. The molecule has 134 valence electrons. The normalized spacial score (nSPS) is 17.3. The molecule has 1 aliphatic heterocycles. The molecule has 2 aromatic rings. The zero-order valence-corrected chi connectivity index (χ0v) is 14.9. The first-order valence-corrected chi connectivity index (χ1v) is 9.22. The van der Waals surface area contributed by atoms with Gasteiger partial charge in [-0.3, -0.25) is 9.69 Å². The SMILES string of the molecule is CCC(C(=O)OCC1CCN(Cc2ccco2)CC1)c1ccccc1. The quantitative estimate of drug-likeness (QED) is 0.707. The Kier molecular flexibility index (Phi) is 6.29. The van der Waals surface area contributed by atoms with Gasteiger partial charge in [-0.15, -0.1) is 0 Å². The Labute approximate surface area is 149 Å². The number of nitrogens with zero attached hydrogens (tertiary/aromatic N) is 1. The summed E-state index contributed by atoms with van der Waals surface area (Å²) in [5, 5.41) is 0. The molecule has 3 rings (SSSR count). The number of furan rings is 1. The lowest BCUT2D eigenvalue weighted by atomic mass is 9.96. The fourth-order valence-electron chi connectivity index (χ4n) is 3.46. The van der Waals surface area contributed by atoms with E-state index in [0.717, 1.165) is 50.2 Å². The van der Waals surface area contributed by atoms with Gasteiger partial charge in [-0.05, 0) is 56.0 Å². The van der Waals surface area contributed by atoms with E-state index >= 15 is 0 Å². The minimum absolute atomic E-state index is 0.0910. The van der Waals surface area contributed by atoms with E-state index in [2.05, 4.69) is 4.90 Å². The van der Waals surface area contributed by atoms with Gasteiger partial charge in [0.05, 0.1) is 25.3 Å². The third-order valence-corrected chi connectivity index (χ3v) is 5.02. The average Bonchev–Trinajstić information content (AvgIpc) is 3.16. The van der Waals surface area contributed by atoms with E-state index in [-0.39, 0.29) is 11.9 Å². The minimum Gasteiger partial charge on any atom is -0.468 e. The van der Waals surface area contributed by atoms with Gasteiger partial charge in [0.1, 0.15) is 5.76 Å². The van der Waals surface area contributed by atoms with Crippen LogP contribution in [0.2, 0.25) is 0 Å². The largest absolute Gasteiger partial charge is 0.468 e. The van der Waals surface area contributed by atoms with E-state index in [1.165, 1.54) is 0 Å². The molecule has 0 spiro atoms. The molecule has 1 unspecified atom stereocenters. The second kappa shape index (κ2) is 8.86. The van der Waals surface area contributed by atoms with E-state index in [0.29, 0.717) is 12.5 Å². The van der Waals surface area contributed by atoms with Crippen molar-refractivity contribution in [2.24, 2.45) is 5.92 Å². The van der Waals surface area contributed by atoms with Gasteiger partial charge < -0.3 is 9.15 Å². The lowest BCUT2D eigenvalue weighted by molar-refractivity contribution is -0.147. The van der Waals surface area contributed by atoms with Crippen LogP contribution in [0.5, 0.6) is 0 Å². The van der Waals surface area contributed by atoms with Crippen molar-refractivity contribution in [2.75, 3.05) is 19.7 Å². The lowest BCUT2D eigenvalue weighted by Gasteiger charge is -2.31. The lowest BCUT2D eigenvalue weighted by Crippen LogP contribution is -2.35. The fraction of sp³-hybridized carbons (Fsp3) is 0.476. The Morgan fingerprint density at radius 1 is 1.20 bits per heavy atom. The van der Waals surface area contributed by atoms with Crippen LogP contribution in [-0.4, -0.2) is 30.6 Å². The average molecular weight is 341 g/mol. The van der Waals surface area contributed by atoms with Crippen LogP contribution in [0.1, 0.15) is 43.4 Å². The van der Waals surface area contributed by atoms with Crippen LogP contribution in [0.4, 0.5) is 0 Å². The molecule has 1 atom stereocenters. The van der Waals surface area contributed by atoms with E-state index in [1.807, 2.05) is 49.4 Å². The van der Waals surface area contributed by atoms with Gasteiger partial charge in [0.2, 0.25) is 0 Å². The van der Waals surface area contributed by atoms with Gasteiger partial charge in [-0.1, -0.05) is 37.3 Å². The predicted molar refractivity (Wildman–Crippen MR) is 97.1 cm³/mol. The molecule has 0 bridgehead atoms. The van der Waals surface area contributed by atoms with Crippen molar-refractivity contribution < 1.29 is 13.9 Å². The van der Waals surface area contributed by atoms with E-state index < -0.39 is 0 Å². The molecular formula is C21H27NO3. The highest BCUT2D eigenvalue weighted by Crippen LogP contribution is 2.23. The molecule has 1 fully saturated rings. The summed E-state index contributed by atoms with van der Waals surface area (Å²) >= 11 is 0. The highest BCUT2D eigenvalue weighted by molar-refractivity contribution is 5.78. The third kappa shape index (κ3) is 4.95. The summed E-state index contributed by atoms with van der Waals surface area (Å²) in [5.41, 5.74) is 1.04. The first-order valence-electron chi connectivity index (χ1n) is 9.22. The summed E-state index contributed by atoms with van der Waals surface area (Å²) in [6, 6.07) is 13.9. The molecule has 25 heavy (non-hydrogen) atoms. The van der Waals surface area contributed by atoms with Crippen LogP contribution in [0.15, 0.2) is 53.1 Å². The van der Waals surface area contributed by atoms with Crippen molar-refractivity contribution in [2.45, 2.75) is 38.6 Å². The zero-order valence-electron chi connectivity index (χ0n) is 14.9. The monoisotopic (exact) mass is 341 g/mol. The molecule has 1 aliphatic rings. The van der Waals surface area contributed by atoms with Crippen LogP contribution in [-0.2, 0) is 16.1 Å². The first kappa shape index (κ1) is 17.7. The van der Waals surface area contributed by atoms with Gasteiger partial charge in [0.15, 0.2) is 0 Å². The van der Waals surface area contributed by atoms with Gasteiger partial charge in [0, 0.05) is 0 Å². The molecule has 0 saturated carbocycles. The molecule has 1 saturated heterocycles. The maximum Gasteiger partial charge on any atom is 0.313 e. The molecule has 0 aliphatic carbocycles. The predicted octanol–water partition coefficient (Wildman–Crippen LogP) is 4.23. The maximum absolute atomic E-state index is 12.4. The number of likely N-dealkylation sites (tertiary alicyclic amines) is 1. The highest BCUT2D eigenvalue weighted by Gasteiger charge is 2.24. The summed E-state index contributed by atoms with van der Waals surface area (Å²) in [4.78, 5) is 14.8.